The van der Waals surface area contributed by atoms with Gasteiger partial charge in [-0.2, -0.15) is 0 Å². The second kappa shape index (κ2) is 7.63. The average molecular weight is 393 g/mol. The Morgan fingerprint density at radius 1 is 1.27 bits per heavy atom. The SMILES string of the molecule is COc1cc(Br)c(S(=O)(=O)NC[C@@H]2CCCCN2)cc1OC. The molecule has 2 N–H and O–H groups in total. The van der Waals surface area contributed by atoms with Crippen molar-refractivity contribution in [2.75, 3.05) is 27.3 Å². The molecule has 1 aliphatic rings. The van der Waals surface area contributed by atoms with Crippen LogP contribution in [0.5, 0.6) is 11.5 Å². The Morgan fingerprint density at radius 3 is 2.55 bits per heavy atom. The maximum Gasteiger partial charge on any atom is 0.241 e. The molecule has 0 amide bonds. The standard InChI is InChI=1S/C14H21BrN2O4S/c1-20-12-7-11(15)14(8-13(12)21-2)22(18,19)17-9-10-5-3-4-6-16-10/h7-8,10,16-17H,3-6,9H2,1-2H3/t10-/m0/s1. The van der Waals surface area contributed by atoms with Crippen LogP contribution in [0.1, 0.15) is 19.3 Å². The summed E-state index contributed by atoms with van der Waals surface area (Å²) in [5.74, 6) is 0.851. The number of hydrogen-bond donors (Lipinski definition) is 2. The normalized spacial score (nSPS) is 19.0. The fraction of sp³-hybridized carbons (Fsp3) is 0.571. The fourth-order valence-electron chi connectivity index (χ4n) is 2.43. The Kier molecular flexibility index (Phi) is 6.08. The summed E-state index contributed by atoms with van der Waals surface area (Å²) in [4.78, 5) is 0.140. The van der Waals surface area contributed by atoms with E-state index in [2.05, 4.69) is 26.0 Å². The Morgan fingerprint density at radius 2 is 1.95 bits per heavy atom. The van der Waals surface area contributed by atoms with Crippen LogP contribution in [0.15, 0.2) is 21.5 Å². The molecule has 0 aliphatic carbocycles. The molecule has 1 saturated heterocycles. The molecule has 8 heteroatoms. The molecule has 0 spiro atoms. The molecule has 1 aromatic carbocycles. The monoisotopic (exact) mass is 392 g/mol. The number of methoxy groups -OCH3 is 2. The summed E-state index contributed by atoms with van der Waals surface area (Å²) in [7, 11) is -0.641. The van der Waals surface area contributed by atoms with E-state index in [1.807, 2.05) is 0 Å². The maximum atomic E-state index is 12.5. The van der Waals surface area contributed by atoms with Crippen molar-refractivity contribution in [3.05, 3.63) is 16.6 Å². The second-order valence-corrected chi connectivity index (χ2v) is 7.73. The fourth-order valence-corrected chi connectivity index (χ4v) is 4.54. The van der Waals surface area contributed by atoms with E-state index < -0.39 is 10.0 Å². The van der Waals surface area contributed by atoms with Crippen LogP contribution in [0.2, 0.25) is 0 Å². The molecule has 1 fully saturated rings. The molecule has 0 unspecified atom stereocenters. The number of sulfonamides is 1. The maximum absolute atomic E-state index is 12.5. The van der Waals surface area contributed by atoms with Gasteiger partial charge in [-0.25, -0.2) is 13.1 Å². The van der Waals surface area contributed by atoms with E-state index in [9.17, 15) is 8.42 Å². The van der Waals surface area contributed by atoms with Gasteiger partial charge in [0.15, 0.2) is 11.5 Å². The lowest BCUT2D eigenvalue weighted by molar-refractivity contribution is 0.353. The van der Waals surface area contributed by atoms with Gasteiger partial charge >= 0.3 is 0 Å². The minimum absolute atomic E-state index is 0.140. The van der Waals surface area contributed by atoms with E-state index in [1.54, 1.807) is 6.07 Å². The van der Waals surface area contributed by atoms with Crippen molar-refractivity contribution in [2.45, 2.75) is 30.2 Å². The van der Waals surface area contributed by atoms with E-state index >= 15 is 0 Å². The summed E-state index contributed by atoms with van der Waals surface area (Å²) in [6.07, 6.45) is 3.25. The van der Waals surface area contributed by atoms with Crippen LogP contribution in [-0.2, 0) is 10.0 Å². The Labute approximate surface area is 139 Å². The molecule has 6 nitrogen and oxygen atoms in total. The zero-order valence-corrected chi connectivity index (χ0v) is 15.1. The summed E-state index contributed by atoms with van der Waals surface area (Å²) in [6, 6.07) is 3.23. The first-order valence-electron chi connectivity index (χ1n) is 7.12. The van der Waals surface area contributed by atoms with E-state index in [1.165, 1.54) is 20.3 Å². The van der Waals surface area contributed by atoms with Crippen LogP contribution in [0, 0.1) is 0 Å². The Balaban J connectivity index is 2.17. The number of hydrogen-bond acceptors (Lipinski definition) is 5. The van der Waals surface area contributed by atoms with Gasteiger partial charge in [-0.3, -0.25) is 0 Å². The molecule has 0 saturated carbocycles. The molecule has 0 aromatic heterocycles. The van der Waals surface area contributed by atoms with Crippen molar-refractivity contribution in [2.24, 2.45) is 0 Å². The minimum Gasteiger partial charge on any atom is -0.493 e. The predicted octanol–water partition coefficient (Wildman–Crippen LogP) is 1.89. The van der Waals surface area contributed by atoms with E-state index in [4.69, 9.17) is 9.47 Å². The largest absolute Gasteiger partial charge is 0.493 e. The van der Waals surface area contributed by atoms with E-state index in [-0.39, 0.29) is 10.9 Å². The number of benzene rings is 1. The van der Waals surface area contributed by atoms with Gasteiger partial charge in [0, 0.05) is 23.1 Å². The smallest absolute Gasteiger partial charge is 0.241 e. The molecule has 124 valence electrons. The van der Waals surface area contributed by atoms with Gasteiger partial charge in [0.25, 0.3) is 0 Å². The zero-order valence-electron chi connectivity index (χ0n) is 12.7. The summed E-state index contributed by atoms with van der Waals surface area (Å²) in [5.41, 5.74) is 0. The highest BCUT2D eigenvalue weighted by molar-refractivity contribution is 9.10. The lowest BCUT2D eigenvalue weighted by atomic mass is 10.1. The van der Waals surface area contributed by atoms with Crippen LogP contribution >= 0.6 is 15.9 Å². The first-order chi connectivity index (χ1) is 10.5. The Hall–Kier alpha value is -0.830. The molecular weight excluding hydrogens is 372 g/mol. The molecule has 1 aromatic rings. The molecule has 22 heavy (non-hydrogen) atoms. The van der Waals surface area contributed by atoms with Gasteiger partial charge in [0.05, 0.1) is 14.2 Å². The van der Waals surface area contributed by atoms with Crippen LogP contribution < -0.4 is 19.5 Å². The average Bonchev–Trinajstić information content (AvgIpc) is 2.53. The van der Waals surface area contributed by atoms with Crippen molar-refractivity contribution < 1.29 is 17.9 Å². The van der Waals surface area contributed by atoms with Gasteiger partial charge in [0.2, 0.25) is 10.0 Å². The summed E-state index contributed by atoms with van der Waals surface area (Å²) in [5, 5.41) is 3.32. The van der Waals surface area contributed by atoms with Crippen LogP contribution in [0.4, 0.5) is 0 Å². The number of halogens is 1. The topological polar surface area (TPSA) is 76.7 Å². The van der Waals surface area contributed by atoms with Crippen LogP contribution in [0.25, 0.3) is 0 Å². The molecule has 0 bridgehead atoms. The van der Waals surface area contributed by atoms with E-state index in [0.717, 1.165) is 25.8 Å². The molecule has 1 atom stereocenters. The second-order valence-electron chi connectivity index (χ2n) is 5.14. The molecule has 2 rings (SSSR count). The number of piperidine rings is 1. The van der Waals surface area contributed by atoms with Gasteiger partial charge in [-0.15, -0.1) is 0 Å². The van der Waals surface area contributed by atoms with Crippen LogP contribution in [0.3, 0.4) is 0 Å². The first kappa shape index (κ1) is 17.5. The van der Waals surface area contributed by atoms with Gasteiger partial charge < -0.3 is 14.8 Å². The lowest BCUT2D eigenvalue weighted by Gasteiger charge is -2.23. The number of ether oxygens (including phenoxy) is 2. The highest BCUT2D eigenvalue weighted by Gasteiger charge is 2.23. The van der Waals surface area contributed by atoms with Crippen molar-refractivity contribution in [3.63, 3.8) is 0 Å². The quantitative estimate of drug-likeness (QED) is 0.772. The lowest BCUT2D eigenvalue weighted by Crippen LogP contribution is -2.43. The van der Waals surface area contributed by atoms with Crippen molar-refractivity contribution in [1.29, 1.82) is 0 Å². The summed E-state index contributed by atoms with van der Waals surface area (Å²) < 4.78 is 38.4. The molecule has 0 radical (unpaired) electrons. The van der Waals surface area contributed by atoms with Crippen molar-refractivity contribution >= 4 is 26.0 Å². The minimum atomic E-state index is -3.62. The zero-order chi connectivity index (χ0) is 16.2. The molecular formula is C14H21BrN2O4S. The highest BCUT2D eigenvalue weighted by Crippen LogP contribution is 2.35. The number of nitrogens with one attached hydrogen (secondary N) is 2. The number of rotatable bonds is 6. The van der Waals surface area contributed by atoms with Crippen molar-refractivity contribution in [1.82, 2.24) is 10.0 Å². The molecule has 1 heterocycles. The summed E-state index contributed by atoms with van der Waals surface area (Å²) in [6.45, 7) is 1.32. The third-order valence-electron chi connectivity index (χ3n) is 3.66. The predicted molar refractivity (Wildman–Crippen MR) is 88.1 cm³/mol. The molecule has 1 aliphatic heterocycles. The van der Waals surface area contributed by atoms with E-state index in [0.29, 0.717) is 22.5 Å². The van der Waals surface area contributed by atoms with Gasteiger partial charge in [0.1, 0.15) is 4.90 Å². The third kappa shape index (κ3) is 4.13. The first-order valence-corrected chi connectivity index (χ1v) is 9.40. The van der Waals surface area contributed by atoms with Crippen LogP contribution in [-0.4, -0.2) is 41.8 Å². The highest BCUT2D eigenvalue weighted by atomic mass is 79.9. The van der Waals surface area contributed by atoms with Crippen molar-refractivity contribution in [3.8, 4) is 11.5 Å². The van der Waals surface area contributed by atoms with Gasteiger partial charge in [-0.1, -0.05) is 6.42 Å². The summed E-state index contributed by atoms with van der Waals surface area (Å²) >= 11 is 3.28. The Bertz CT molecular complexity index is 616. The van der Waals surface area contributed by atoms with Gasteiger partial charge in [-0.05, 0) is 41.4 Å². The third-order valence-corrected chi connectivity index (χ3v) is 6.04.